The Morgan fingerprint density at radius 2 is 2.12 bits per heavy atom. The van der Waals surface area contributed by atoms with Crippen molar-refractivity contribution < 1.29 is 0 Å². The number of nitrogens with one attached hydrogen (secondary N) is 1. The fourth-order valence-electron chi connectivity index (χ4n) is 1.35. The summed E-state index contributed by atoms with van der Waals surface area (Å²) in [7, 11) is 0. The summed E-state index contributed by atoms with van der Waals surface area (Å²) in [5.74, 6) is 0. The van der Waals surface area contributed by atoms with Crippen LogP contribution in [0.3, 0.4) is 0 Å². The minimum atomic E-state index is 0.0761. The Hall–Kier alpha value is -1.68. The van der Waals surface area contributed by atoms with Crippen molar-refractivity contribution in [3.63, 3.8) is 0 Å². The summed E-state index contributed by atoms with van der Waals surface area (Å²) in [6, 6.07) is 3.71. The lowest BCUT2D eigenvalue weighted by molar-refractivity contribution is 0.827. The molecule has 0 radical (unpaired) electrons. The lowest BCUT2D eigenvalue weighted by Crippen LogP contribution is -2.08. The molecule has 0 spiro atoms. The average molecular weight is 235 g/mol. The normalized spacial score (nSPS) is 12.1. The zero-order valence-corrected chi connectivity index (χ0v) is 9.52. The van der Waals surface area contributed by atoms with Gasteiger partial charge >= 0.3 is 0 Å². The van der Waals surface area contributed by atoms with Crippen molar-refractivity contribution in [1.82, 2.24) is 15.0 Å². The third kappa shape index (κ3) is 2.67. The van der Waals surface area contributed by atoms with Gasteiger partial charge in [0.15, 0.2) is 0 Å². The molecule has 4 nitrogen and oxygen atoms in total. The van der Waals surface area contributed by atoms with E-state index in [-0.39, 0.29) is 6.04 Å². The first-order chi connectivity index (χ1) is 7.75. The molecule has 2 rings (SSSR count). The van der Waals surface area contributed by atoms with Gasteiger partial charge in [-0.3, -0.25) is 9.97 Å². The molecule has 0 aliphatic carbocycles. The number of hydrogen-bond donors (Lipinski definition) is 1. The predicted molar refractivity (Wildman–Crippen MR) is 63.3 cm³/mol. The van der Waals surface area contributed by atoms with E-state index in [2.05, 4.69) is 20.3 Å². The third-order valence-electron chi connectivity index (χ3n) is 2.14. The maximum absolute atomic E-state index is 5.80. The van der Waals surface area contributed by atoms with Crippen molar-refractivity contribution in [1.29, 1.82) is 0 Å². The lowest BCUT2D eigenvalue weighted by Gasteiger charge is -2.13. The lowest BCUT2D eigenvalue weighted by atomic mass is 10.2. The van der Waals surface area contributed by atoms with Crippen molar-refractivity contribution in [2.24, 2.45) is 0 Å². The standard InChI is InChI=1S/C11H11ClN4/c1-8(10-7-13-4-5-14-10)16-9-2-3-15-11(12)6-9/h2-8H,1H3,(H,15,16). The molecule has 16 heavy (non-hydrogen) atoms. The average Bonchev–Trinajstić information content (AvgIpc) is 2.30. The summed E-state index contributed by atoms with van der Waals surface area (Å²) in [6.45, 7) is 2.01. The van der Waals surface area contributed by atoms with Crippen LogP contribution < -0.4 is 5.32 Å². The van der Waals surface area contributed by atoms with E-state index in [0.717, 1.165) is 11.4 Å². The molecule has 0 amide bonds. The number of rotatable bonds is 3. The van der Waals surface area contributed by atoms with Crippen LogP contribution in [0.2, 0.25) is 5.15 Å². The minimum absolute atomic E-state index is 0.0761. The summed E-state index contributed by atoms with van der Waals surface area (Å²) in [5.41, 5.74) is 1.80. The van der Waals surface area contributed by atoms with Crippen molar-refractivity contribution in [2.45, 2.75) is 13.0 Å². The van der Waals surface area contributed by atoms with Crippen molar-refractivity contribution in [2.75, 3.05) is 5.32 Å². The highest BCUT2D eigenvalue weighted by molar-refractivity contribution is 6.29. The molecule has 2 aromatic heterocycles. The van der Waals surface area contributed by atoms with Crippen molar-refractivity contribution >= 4 is 17.3 Å². The highest BCUT2D eigenvalue weighted by Crippen LogP contribution is 2.18. The fourth-order valence-corrected chi connectivity index (χ4v) is 1.52. The summed E-state index contributed by atoms with van der Waals surface area (Å²) in [4.78, 5) is 12.2. The van der Waals surface area contributed by atoms with Crippen LogP contribution in [0.4, 0.5) is 5.69 Å². The Balaban J connectivity index is 2.11. The Labute approximate surface area is 98.7 Å². The maximum Gasteiger partial charge on any atom is 0.131 e. The molecule has 5 heteroatoms. The molecule has 1 atom stereocenters. The highest BCUT2D eigenvalue weighted by atomic mass is 35.5. The molecule has 0 saturated carbocycles. The van der Waals surface area contributed by atoms with Gasteiger partial charge in [-0.05, 0) is 19.1 Å². The van der Waals surface area contributed by atoms with Gasteiger partial charge in [-0.15, -0.1) is 0 Å². The quantitative estimate of drug-likeness (QED) is 0.830. The van der Waals surface area contributed by atoms with Gasteiger partial charge in [0.1, 0.15) is 5.15 Å². The second-order valence-corrected chi connectivity index (χ2v) is 3.75. The molecule has 0 bridgehead atoms. The monoisotopic (exact) mass is 234 g/mol. The molecule has 1 unspecified atom stereocenters. The van der Waals surface area contributed by atoms with E-state index in [0.29, 0.717) is 5.15 Å². The van der Waals surface area contributed by atoms with Crippen LogP contribution in [0.5, 0.6) is 0 Å². The minimum Gasteiger partial charge on any atom is -0.377 e. The van der Waals surface area contributed by atoms with E-state index in [9.17, 15) is 0 Å². The molecule has 0 saturated heterocycles. The van der Waals surface area contributed by atoms with Gasteiger partial charge in [-0.1, -0.05) is 11.6 Å². The van der Waals surface area contributed by atoms with Gasteiger partial charge in [0.25, 0.3) is 0 Å². The Bertz CT molecular complexity index is 461. The van der Waals surface area contributed by atoms with Crippen molar-refractivity contribution in [3.8, 4) is 0 Å². The molecule has 82 valence electrons. The SMILES string of the molecule is CC(Nc1ccnc(Cl)c1)c1cnccn1. The van der Waals surface area contributed by atoms with Crippen LogP contribution in [0.1, 0.15) is 18.7 Å². The topological polar surface area (TPSA) is 50.7 Å². The van der Waals surface area contributed by atoms with Crippen LogP contribution >= 0.6 is 11.6 Å². The first-order valence-electron chi connectivity index (χ1n) is 4.90. The number of nitrogens with zero attached hydrogens (tertiary/aromatic N) is 3. The summed E-state index contributed by atoms with van der Waals surface area (Å²) in [6.07, 6.45) is 6.72. The first-order valence-corrected chi connectivity index (χ1v) is 5.27. The molecular weight excluding hydrogens is 224 g/mol. The zero-order valence-electron chi connectivity index (χ0n) is 8.76. The van der Waals surface area contributed by atoms with Gasteiger partial charge in [-0.25, -0.2) is 4.98 Å². The van der Waals surface area contributed by atoms with Crippen LogP contribution in [-0.2, 0) is 0 Å². The second-order valence-electron chi connectivity index (χ2n) is 3.36. The number of hydrogen-bond acceptors (Lipinski definition) is 4. The van der Waals surface area contributed by atoms with E-state index >= 15 is 0 Å². The van der Waals surface area contributed by atoms with Gasteiger partial charge in [0.2, 0.25) is 0 Å². The van der Waals surface area contributed by atoms with Crippen LogP contribution in [0.15, 0.2) is 36.9 Å². The largest absolute Gasteiger partial charge is 0.377 e. The van der Waals surface area contributed by atoms with Crippen LogP contribution in [0.25, 0.3) is 0 Å². The molecule has 0 fully saturated rings. The smallest absolute Gasteiger partial charge is 0.131 e. The maximum atomic E-state index is 5.80. The summed E-state index contributed by atoms with van der Waals surface area (Å²) >= 11 is 5.80. The molecule has 2 aromatic rings. The molecule has 2 heterocycles. The number of anilines is 1. The molecule has 0 aliphatic rings. The number of pyridine rings is 1. The Morgan fingerprint density at radius 3 is 2.81 bits per heavy atom. The van der Waals surface area contributed by atoms with Crippen molar-refractivity contribution in [3.05, 3.63) is 47.8 Å². The van der Waals surface area contributed by atoms with E-state index in [1.807, 2.05) is 13.0 Å². The predicted octanol–water partition coefficient (Wildman–Crippen LogP) is 2.70. The molecule has 1 N–H and O–H groups in total. The van der Waals surface area contributed by atoms with E-state index < -0.39 is 0 Å². The molecule has 0 aliphatic heterocycles. The molecule has 0 aromatic carbocycles. The first kappa shape index (κ1) is 10.8. The van der Waals surface area contributed by atoms with E-state index in [1.165, 1.54) is 0 Å². The van der Waals surface area contributed by atoms with Gasteiger partial charge < -0.3 is 5.32 Å². The number of halogens is 1. The fraction of sp³-hybridized carbons (Fsp3) is 0.182. The van der Waals surface area contributed by atoms with Crippen LogP contribution in [-0.4, -0.2) is 15.0 Å². The zero-order chi connectivity index (χ0) is 11.4. The van der Waals surface area contributed by atoms with Gasteiger partial charge in [0, 0.05) is 24.3 Å². The summed E-state index contributed by atoms with van der Waals surface area (Å²) < 4.78 is 0. The highest BCUT2D eigenvalue weighted by Gasteiger charge is 2.06. The Morgan fingerprint density at radius 1 is 1.25 bits per heavy atom. The second kappa shape index (κ2) is 4.90. The van der Waals surface area contributed by atoms with E-state index in [1.54, 1.807) is 30.9 Å². The Kier molecular flexibility index (Phi) is 3.31. The van der Waals surface area contributed by atoms with E-state index in [4.69, 9.17) is 11.6 Å². The third-order valence-corrected chi connectivity index (χ3v) is 2.34. The number of aromatic nitrogens is 3. The van der Waals surface area contributed by atoms with Crippen LogP contribution in [0, 0.1) is 0 Å². The van der Waals surface area contributed by atoms with Gasteiger partial charge in [-0.2, -0.15) is 0 Å². The van der Waals surface area contributed by atoms with Gasteiger partial charge in [0.05, 0.1) is 17.9 Å². The summed E-state index contributed by atoms with van der Waals surface area (Å²) in [5, 5.41) is 3.74. The molecular formula is C11H11ClN4.